The van der Waals surface area contributed by atoms with Gasteiger partial charge in [-0.2, -0.15) is 4.98 Å². The molecule has 1 aromatic carbocycles. The Balaban J connectivity index is 1.63. The highest BCUT2D eigenvalue weighted by atomic mass is 19.1. The summed E-state index contributed by atoms with van der Waals surface area (Å²) in [6.07, 6.45) is 0. The van der Waals surface area contributed by atoms with Crippen LogP contribution in [-0.2, 0) is 0 Å². The number of rotatable bonds is 4. The molecule has 2 aromatic rings. The molecule has 5 nitrogen and oxygen atoms in total. The van der Waals surface area contributed by atoms with Gasteiger partial charge in [-0.25, -0.2) is 8.78 Å². The zero-order valence-corrected chi connectivity index (χ0v) is 14.2. The maximum Gasteiger partial charge on any atom is 0.243 e. The first-order valence-electron chi connectivity index (χ1n) is 8.19. The molecule has 0 amide bonds. The summed E-state index contributed by atoms with van der Waals surface area (Å²) in [5.41, 5.74) is 0.407. The lowest BCUT2D eigenvalue weighted by molar-refractivity contribution is 0.0668. The van der Waals surface area contributed by atoms with Crippen LogP contribution in [0, 0.1) is 18.6 Å². The molecule has 1 aromatic heterocycles. The molecule has 130 valence electrons. The lowest BCUT2D eigenvalue weighted by atomic mass is 10.0. The van der Waals surface area contributed by atoms with E-state index in [9.17, 15) is 8.78 Å². The molecule has 0 N–H and O–H groups in total. The first-order valence-corrected chi connectivity index (χ1v) is 8.19. The predicted octanol–water partition coefficient (Wildman–Crippen LogP) is 3.10. The third kappa shape index (κ3) is 3.47. The number of aromatic nitrogens is 2. The molecular formula is C17H22F2N4O. The topological polar surface area (TPSA) is 45.4 Å². The van der Waals surface area contributed by atoms with Crippen molar-refractivity contribution in [2.45, 2.75) is 32.9 Å². The van der Waals surface area contributed by atoms with Crippen molar-refractivity contribution in [3.63, 3.8) is 0 Å². The number of benzene rings is 1. The van der Waals surface area contributed by atoms with E-state index in [1.165, 1.54) is 12.1 Å². The Labute approximate surface area is 140 Å². The maximum atomic E-state index is 14.0. The Morgan fingerprint density at radius 2 is 1.67 bits per heavy atom. The summed E-state index contributed by atoms with van der Waals surface area (Å²) in [4.78, 5) is 8.71. The van der Waals surface area contributed by atoms with Crippen LogP contribution in [0.5, 0.6) is 0 Å². The largest absolute Gasteiger partial charge is 0.338 e. The number of hydrogen-bond donors (Lipinski definition) is 0. The van der Waals surface area contributed by atoms with Crippen LogP contribution in [0.15, 0.2) is 22.7 Å². The van der Waals surface area contributed by atoms with Gasteiger partial charge in [0.15, 0.2) is 5.82 Å². The van der Waals surface area contributed by atoms with Gasteiger partial charge >= 0.3 is 0 Å². The monoisotopic (exact) mass is 336 g/mol. The van der Waals surface area contributed by atoms with E-state index < -0.39 is 5.82 Å². The Morgan fingerprint density at radius 3 is 2.25 bits per heavy atom. The molecule has 1 fully saturated rings. The summed E-state index contributed by atoms with van der Waals surface area (Å²) < 4.78 is 32.6. The second-order valence-corrected chi connectivity index (χ2v) is 6.27. The van der Waals surface area contributed by atoms with Crippen LogP contribution in [0.25, 0.3) is 0 Å². The third-order valence-corrected chi connectivity index (χ3v) is 4.75. The highest BCUT2D eigenvalue weighted by Crippen LogP contribution is 2.27. The van der Waals surface area contributed by atoms with Crippen LogP contribution in [0.2, 0.25) is 0 Å². The Kier molecular flexibility index (Phi) is 4.91. The molecule has 1 aliphatic rings. The van der Waals surface area contributed by atoms with Gasteiger partial charge in [-0.1, -0.05) is 5.16 Å². The molecule has 2 heterocycles. The first-order chi connectivity index (χ1) is 11.5. The van der Waals surface area contributed by atoms with Crippen molar-refractivity contribution >= 4 is 0 Å². The number of aryl methyl sites for hydroxylation is 1. The fourth-order valence-electron chi connectivity index (χ4n) is 3.18. The summed E-state index contributed by atoms with van der Waals surface area (Å²) in [6, 6.07) is 3.52. The van der Waals surface area contributed by atoms with Gasteiger partial charge < -0.3 is 4.52 Å². The lowest BCUT2D eigenvalue weighted by Gasteiger charge is -2.39. The van der Waals surface area contributed by atoms with Crippen LogP contribution in [0.3, 0.4) is 0 Å². The minimum atomic E-state index is -0.405. The average molecular weight is 336 g/mol. The Morgan fingerprint density at radius 1 is 1.04 bits per heavy atom. The van der Waals surface area contributed by atoms with E-state index in [2.05, 4.69) is 19.9 Å². The van der Waals surface area contributed by atoms with Gasteiger partial charge in [0.05, 0.1) is 6.04 Å². The van der Waals surface area contributed by atoms with Gasteiger partial charge in [0, 0.05) is 37.8 Å². The molecule has 1 aliphatic heterocycles. The van der Waals surface area contributed by atoms with Crippen LogP contribution in [-0.4, -0.2) is 46.1 Å². The second-order valence-electron chi connectivity index (χ2n) is 6.27. The Bertz CT molecular complexity index is 698. The number of hydrogen-bond acceptors (Lipinski definition) is 5. The van der Waals surface area contributed by atoms with Crippen LogP contribution >= 0.6 is 0 Å². The molecular weight excluding hydrogens is 314 g/mol. The molecule has 24 heavy (non-hydrogen) atoms. The van der Waals surface area contributed by atoms with Gasteiger partial charge in [-0.15, -0.1) is 0 Å². The molecule has 0 bridgehead atoms. The highest BCUT2D eigenvalue weighted by Gasteiger charge is 2.28. The van der Waals surface area contributed by atoms with E-state index in [1.54, 1.807) is 6.92 Å². The Hall–Kier alpha value is -1.86. The minimum Gasteiger partial charge on any atom is -0.338 e. The van der Waals surface area contributed by atoms with Crippen molar-refractivity contribution in [3.8, 4) is 0 Å². The molecule has 7 heteroatoms. The van der Waals surface area contributed by atoms with Gasteiger partial charge in [0.2, 0.25) is 5.89 Å². The van der Waals surface area contributed by atoms with Crippen molar-refractivity contribution in [3.05, 3.63) is 47.1 Å². The third-order valence-electron chi connectivity index (χ3n) is 4.75. The van der Waals surface area contributed by atoms with E-state index in [0.29, 0.717) is 17.3 Å². The highest BCUT2D eigenvalue weighted by molar-refractivity contribution is 5.22. The van der Waals surface area contributed by atoms with Crippen molar-refractivity contribution in [2.75, 3.05) is 26.2 Å². The summed E-state index contributed by atoms with van der Waals surface area (Å²) >= 11 is 0. The maximum absolute atomic E-state index is 14.0. The zero-order chi connectivity index (χ0) is 17.3. The molecule has 0 aliphatic carbocycles. The zero-order valence-electron chi connectivity index (χ0n) is 14.2. The first kappa shape index (κ1) is 17.0. The SMILES string of the molecule is Cc1noc([C@H](C)N2CCN([C@@H](C)c3cc(F)ccc3F)CC2)n1. The summed E-state index contributed by atoms with van der Waals surface area (Å²) in [5, 5.41) is 3.83. The predicted molar refractivity (Wildman–Crippen MR) is 85.4 cm³/mol. The summed E-state index contributed by atoms with van der Waals surface area (Å²) in [7, 11) is 0. The van der Waals surface area contributed by atoms with Gasteiger partial charge in [-0.3, -0.25) is 9.80 Å². The van der Waals surface area contributed by atoms with Crippen LogP contribution < -0.4 is 0 Å². The summed E-state index contributed by atoms with van der Waals surface area (Å²) in [6.45, 7) is 8.92. The van der Waals surface area contributed by atoms with E-state index in [0.717, 1.165) is 32.2 Å². The fraction of sp³-hybridized carbons (Fsp3) is 0.529. The number of halogens is 2. The molecule has 3 rings (SSSR count). The quantitative estimate of drug-likeness (QED) is 0.858. The summed E-state index contributed by atoms with van der Waals surface area (Å²) in [5.74, 6) is 0.481. The molecule has 0 saturated carbocycles. The van der Waals surface area contributed by atoms with E-state index in [1.807, 2.05) is 13.8 Å². The standard InChI is InChI=1S/C17H22F2N4O/c1-11(15-10-14(18)4-5-16(15)19)22-6-8-23(9-7-22)12(2)17-20-13(3)21-24-17/h4-5,10-12H,6-9H2,1-3H3/t11-,12-/m0/s1. The number of piperazine rings is 1. The molecule has 0 spiro atoms. The van der Waals surface area contributed by atoms with E-state index in [4.69, 9.17) is 4.52 Å². The van der Waals surface area contributed by atoms with Crippen LogP contribution in [0.1, 0.15) is 43.2 Å². The minimum absolute atomic E-state index is 0.0505. The normalized spacial score (nSPS) is 19.4. The van der Waals surface area contributed by atoms with E-state index in [-0.39, 0.29) is 17.9 Å². The molecule has 2 atom stereocenters. The number of nitrogens with zero attached hydrogens (tertiary/aromatic N) is 4. The van der Waals surface area contributed by atoms with Crippen molar-refractivity contribution < 1.29 is 13.3 Å². The fourth-order valence-corrected chi connectivity index (χ4v) is 3.18. The molecule has 0 unspecified atom stereocenters. The molecule has 0 radical (unpaired) electrons. The van der Waals surface area contributed by atoms with Gasteiger partial charge in [0.25, 0.3) is 0 Å². The van der Waals surface area contributed by atoms with E-state index >= 15 is 0 Å². The second kappa shape index (κ2) is 6.94. The average Bonchev–Trinajstić information content (AvgIpc) is 3.02. The van der Waals surface area contributed by atoms with Crippen LogP contribution in [0.4, 0.5) is 8.78 Å². The van der Waals surface area contributed by atoms with Gasteiger partial charge in [-0.05, 0) is 39.0 Å². The van der Waals surface area contributed by atoms with Crippen molar-refractivity contribution in [1.29, 1.82) is 0 Å². The lowest BCUT2D eigenvalue weighted by Crippen LogP contribution is -2.48. The van der Waals surface area contributed by atoms with Crippen molar-refractivity contribution in [1.82, 2.24) is 19.9 Å². The molecule has 1 saturated heterocycles. The van der Waals surface area contributed by atoms with Crippen molar-refractivity contribution in [2.24, 2.45) is 0 Å². The van der Waals surface area contributed by atoms with Gasteiger partial charge in [0.1, 0.15) is 11.6 Å². The smallest absolute Gasteiger partial charge is 0.243 e.